The van der Waals surface area contributed by atoms with Crippen molar-refractivity contribution in [2.45, 2.75) is 20.4 Å². The van der Waals surface area contributed by atoms with Crippen molar-refractivity contribution in [1.82, 2.24) is 20.0 Å². The molecule has 3 heterocycles. The highest BCUT2D eigenvalue weighted by atomic mass is 32.1. The minimum Gasteiger partial charge on any atom is -0.356 e. The van der Waals surface area contributed by atoms with Gasteiger partial charge >= 0.3 is 0 Å². The van der Waals surface area contributed by atoms with Crippen molar-refractivity contribution in [2.75, 3.05) is 0 Å². The van der Waals surface area contributed by atoms with Gasteiger partial charge in [0.2, 0.25) is 0 Å². The fraction of sp³-hybridized carbons (Fsp3) is 0.150. The van der Waals surface area contributed by atoms with Crippen LogP contribution in [0.3, 0.4) is 0 Å². The van der Waals surface area contributed by atoms with Crippen molar-refractivity contribution in [1.29, 1.82) is 0 Å². The molecule has 0 atom stereocenters. The summed E-state index contributed by atoms with van der Waals surface area (Å²) in [6, 6.07) is 13.7. The average molecular weight is 378 g/mol. The minimum atomic E-state index is -0.164. The molecule has 4 rings (SSSR count). The number of hydrogen-bond donors (Lipinski definition) is 1. The number of aromatic nitrogens is 3. The van der Waals surface area contributed by atoms with Crippen molar-refractivity contribution in [3.05, 3.63) is 76.7 Å². The first kappa shape index (κ1) is 17.2. The van der Waals surface area contributed by atoms with Crippen LogP contribution in [0.1, 0.15) is 26.6 Å². The van der Waals surface area contributed by atoms with E-state index < -0.39 is 0 Å². The Morgan fingerprint density at radius 3 is 2.67 bits per heavy atom. The molecule has 6 nitrogen and oxygen atoms in total. The maximum Gasteiger partial charge on any atom is 0.263 e. The molecular formula is C20H18N4O2S. The second-order valence-corrected chi connectivity index (χ2v) is 7.21. The largest absolute Gasteiger partial charge is 0.356 e. The molecule has 3 aromatic heterocycles. The van der Waals surface area contributed by atoms with E-state index in [0.29, 0.717) is 28.6 Å². The van der Waals surface area contributed by atoms with Crippen molar-refractivity contribution in [3.8, 4) is 16.5 Å². The van der Waals surface area contributed by atoms with Gasteiger partial charge < -0.3 is 14.4 Å². The molecule has 0 saturated heterocycles. The highest BCUT2D eigenvalue weighted by Crippen LogP contribution is 2.23. The molecule has 0 aliphatic carbocycles. The van der Waals surface area contributed by atoms with Crippen molar-refractivity contribution in [2.24, 2.45) is 0 Å². The second kappa shape index (κ2) is 7.20. The van der Waals surface area contributed by atoms with Crippen LogP contribution in [0.2, 0.25) is 0 Å². The number of carbonyl (C=O) groups is 1. The van der Waals surface area contributed by atoms with Crippen molar-refractivity contribution >= 4 is 17.2 Å². The van der Waals surface area contributed by atoms with Gasteiger partial charge in [-0.15, -0.1) is 0 Å². The molecule has 0 saturated carbocycles. The Balaban J connectivity index is 1.43. The number of thiazole rings is 1. The third kappa shape index (κ3) is 3.68. The summed E-state index contributed by atoms with van der Waals surface area (Å²) in [4.78, 5) is 17.6. The Bertz CT molecular complexity index is 1060. The number of benzene rings is 1. The standard InChI is InChI=1S/C20H18N4O2S/c1-13-5-7-15(8-6-13)17-11-16(23-26-17)12-21-19(25)18-14(2)22-20(27-18)24-9-3-4-10-24/h3-11H,12H2,1-2H3,(H,21,25). The molecule has 0 bridgehead atoms. The van der Waals surface area contributed by atoms with E-state index >= 15 is 0 Å². The second-order valence-electron chi connectivity index (χ2n) is 6.23. The number of hydrogen-bond acceptors (Lipinski definition) is 5. The lowest BCUT2D eigenvalue weighted by atomic mass is 10.1. The smallest absolute Gasteiger partial charge is 0.263 e. The topological polar surface area (TPSA) is 73.0 Å². The number of amides is 1. The van der Waals surface area contributed by atoms with E-state index in [9.17, 15) is 4.79 Å². The van der Waals surface area contributed by atoms with Gasteiger partial charge in [-0.05, 0) is 26.0 Å². The number of nitrogens with one attached hydrogen (secondary N) is 1. The third-order valence-corrected chi connectivity index (χ3v) is 5.31. The summed E-state index contributed by atoms with van der Waals surface area (Å²) < 4.78 is 7.28. The molecule has 136 valence electrons. The van der Waals surface area contributed by atoms with E-state index in [1.807, 2.05) is 73.3 Å². The zero-order valence-corrected chi connectivity index (χ0v) is 15.8. The summed E-state index contributed by atoms with van der Waals surface area (Å²) in [5.74, 6) is 0.520. The molecule has 1 aromatic carbocycles. The van der Waals surface area contributed by atoms with Crippen LogP contribution in [0.25, 0.3) is 16.5 Å². The molecular weight excluding hydrogens is 360 g/mol. The zero-order chi connectivity index (χ0) is 18.8. The van der Waals surface area contributed by atoms with Crippen LogP contribution in [0.4, 0.5) is 0 Å². The van der Waals surface area contributed by atoms with Gasteiger partial charge in [0.25, 0.3) is 5.91 Å². The third-order valence-electron chi connectivity index (χ3n) is 4.14. The molecule has 0 radical (unpaired) electrons. The van der Waals surface area contributed by atoms with Crippen LogP contribution >= 0.6 is 11.3 Å². The first-order valence-electron chi connectivity index (χ1n) is 8.52. The summed E-state index contributed by atoms with van der Waals surface area (Å²) in [5, 5.41) is 7.70. The monoisotopic (exact) mass is 378 g/mol. The van der Waals surface area contributed by atoms with Crippen LogP contribution in [0, 0.1) is 13.8 Å². The van der Waals surface area contributed by atoms with Crippen molar-refractivity contribution < 1.29 is 9.32 Å². The number of nitrogens with zero attached hydrogens (tertiary/aromatic N) is 3. The Morgan fingerprint density at radius 2 is 1.93 bits per heavy atom. The Hall–Kier alpha value is -3.19. The summed E-state index contributed by atoms with van der Waals surface area (Å²) in [6.45, 7) is 4.17. The molecule has 0 spiro atoms. The molecule has 0 aliphatic rings. The number of rotatable bonds is 5. The first-order valence-corrected chi connectivity index (χ1v) is 9.33. The van der Waals surface area contributed by atoms with Gasteiger partial charge in [0.05, 0.1) is 12.2 Å². The van der Waals surface area contributed by atoms with Crippen LogP contribution in [-0.4, -0.2) is 20.6 Å². The molecule has 1 amide bonds. The predicted molar refractivity (Wildman–Crippen MR) is 104 cm³/mol. The van der Waals surface area contributed by atoms with Gasteiger partial charge in [0.1, 0.15) is 10.6 Å². The van der Waals surface area contributed by atoms with Crippen LogP contribution in [0.15, 0.2) is 59.4 Å². The fourth-order valence-electron chi connectivity index (χ4n) is 2.67. The SMILES string of the molecule is Cc1ccc(-c2cc(CNC(=O)c3sc(-n4cccc4)nc3C)no2)cc1. The van der Waals surface area contributed by atoms with Crippen LogP contribution in [-0.2, 0) is 6.54 Å². The molecule has 7 heteroatoms. The van der Waals surface area contributed by atoms with E-state index in [2.05, 4.69) is 15.5 Å². The summed E-state index contributed by atoms with van der Waals surface area (Å²) in [5.41, 5.74) is 3.53. The summed E-state index contributed by atoms with van der Waals surface area (Å²) in [7, 11) is 0. The summed E-state index contributed by atoms with van der Waals surface area (Å²) >= 11 is 1.36. The predicted octanol–water partition coefficient (Wildman–Crippen LogP) is 4.14. The lowest BCUT2D eigenvalue weighted by Crippen LogP contribution is -2.22. The lowest BCUT2D eigenvalue weighted by Gasteiger charge is -2.00. The molecule has 0 unspecified atom stereocenters. The Labute approximate surface area is 160 Å². The maximum atomic E-state index is 12.5. The summed E-state index contributed by atoms with van der Waals surface area (Å²) in [6.07, 6.45) is 3.81. The molecule has 1 N–H and O–H groups in total. The Kier molecular flexibility index (Phi) is 4.60. The van der Waals surface area contributed by atoms with Gasteiger partial charge in [-0.3, -0.25) is 4.79 Å². The number of aryl methyl sites for hydroxylation is 2. The quantitative estimate of drug-likeness (QED) is 0.567. The van der Waals surface area contributed by atoms with Crippen molar-refractivity contribution in [3.63, 3.8) is 0 Å². The van der Waals surface area contributed by atoms with Gasteiger partial charge in [-0.2, -0.15) is 0 Å². The fourth-order valence-corrected chi connectivity index (χ4v) is 3.62. The van der Waals surface area contributed by atoms with Gasteiger partial charge in [0, 0.05) is 24.0 Å². The highest BCUT2D eigenvalue weighted by molar-refractivity contribution is 7.16. The molecule has 0 aliphatic heterocycles. The van der Waals surface area contributed by atoms with Crippen LogP contribution in [0.5, 0.6) is 0 Å². The zero-order valence-electron chi connectivity index (χ0n) is 15.0. The maximum absolute atomic E-state index is 12.5. The molecule has 0 fully saturated rings. The van der Waals surface area contributed by atoms with Gasteiger partial charge in [-0.25, -0.2) is 4.98 Å². The van der Waals surface area contributed by atoms with Gasteiger partial charge in [0.15, 0.2) is 10.9 Å². The highest BCUT2D eigenvalue weighted by Gasteiger charge is 2.16. The van der Waals surface area contributed by atoms with Gasteiger partial charge in [-0.1, -0.05) is 46.3 Å². The minimum absolute atomic E-state index is 0.164. The van der Waals surface area contributed by atoms with E-state index in [1.165, 1.54) is 16.9 Å². The molecule has 4 aromatic rings. The normalized spacial score (nSPS) is 10.9. The van der Waals surface area contributed by atoms with E-state index in [4.69, 9.17) is 4.52 Å². The average Bonchev–Trinajstić information content (AvgIpc) is 3.41. The Morgan fingerprint density at radius 1 is 1.19 bits per heavy atom. The van der Waals surface area contributed by atoms with E-state index in [0.717, 1.165) is 10.7 Å². The number of carbonyl (C=O) groups excluding carboxylic acids is 1. The van der Waals surface area contributed by atoms with Crippen LogP contribution < -0.4 is 5.32 Å². The van der Waals surface area contributed by atoms with E-state index in [-0.39, 0.29) is 5.91 Å². The lowest BCUT2D eigenvalue weighted by molar-refractivity contribution is 0.0953. The van der Waals surface area contributed by atoms with E-state index in [1.54, 1.807) is 0 Å². The first-order chi connectivity index (χ1) is 13.1. The molecule has 27 heavy (non-hydrogen) atoms.